The average Bonchev–Trinajstić information content (AvgIpc) is 2.31. The molecule has 0 fully saturated rings. The SMILES string of the molecule is COCCN=C(NN)Nc1ccc(C)nc1. The lowest BCUT2D eigenvalue weighted by Crippen LogP contribution is -2.36. The number of ether oxygens (including phenoxy) is 1. The Balaban J connectivity index is 2.55. The van der Waals surface area contributed by atoms with Gasteiger partial charge < -0.3 is 10.1 Å². The molecule has 1 aromatic rings. The van der Waals surface area contributed by atoms with Gasteiger partial charge in [0, 0.05) is 12.8 Å². The number of hydrogen-bond donors (Lipinski definition) is 3. The molecule has 0 bridgehead atoms. The normalized spacial score (nSPS) is 11.3. The summed E-state index contributed by atoms with van der Waals surface area (Å²) in [4.78, 5) is 8.32. The van der Waals surface area contributed by atoms with Crippen LogP contribution in [0.3, 0.4) is 0 Å². The molecule has 0 aliphatic rings. The molecule has 1 aromatic heterocycles. The number of methoxy groups -OCH3 is 1. The maximum absolute atomic E-state index is 5.33. The van der Waals surface area contributed by atoms with Crippen LogP contribution in [0, 0.1) is 6.92 Å². The largest absolute Gasteiger partial charge is 0.383 e. The molecule has 0 aliphatic carbocycles. The second-order valence-corrected chi connectivity index (χ2v) is 3.18. The highest BCUT2D eigenvalue weighted by Crippen LogP contribution is 2.04. The molecule has 0 unspecified atom stereocenters. The summed E-state index contributed by atoms with van der Waals surface area (Å²) in [6, 6.07) is 3.82. The summed E-state index contributed by atoms with van der Waals surface area (Å²) < 4.78 is 4.89. The summed E-state index contributed by atoms with van der Waals surface area (Å²) in [6.45, 7) is 3.03. The molecular formula is C10H17N5O. The Labute approximate surface area is 94.9 Å². The van der Waals surface area contributed by atoms with Gasteiger partial charge in [-0.3, -0.25) is 10.4 Å². The standard InChI is InChI=1S/C10H17N5O/c1-8-3-4-9(7-13-8)14-10(15-11)12-5-6-16-2/h3-4,7H,5-6,11H2,1-2H3,(H2,12,14,15). The van der Waals surface area contributed by atoms with E-state index in [0.717, 1.165) is 11.4 Å². The van der Waals surface area contributed by atoms with Crippen LogP contribution in [0.15, 0.2) is 23.3 Å². The van der Waals surface area contributed by atoms with Crippen molar-refractivity contribution >= 4 is 11.6 Å². The summed E-state index contributed by atoms with van der Waals surface area (Å²) in [6.07, 6.45) is 1.72. The fourth-order valence-electron chi connectivity index (χ4n) is 1.05. The number of nitrogens with zero attached hydrogens (tertiary/aromatic N) is 2. The first kappa shape index (κ1) is 12.4. The number of nitrogens with one attached hydrogen (secondary N) is 2. The van der Waals surface area contributed by atoms with Crippen LogP contribution in [0.1, 0.15) is 5.69 Å². The van der Waals surface area contributed by atoms with Gasteiger partial charge in [0.2, 0.25) is 5.96 Å². The zero-order chi connectivity index (χ0) is 11.8. The minimum absolute atomic E-state index is 0.489. The molecule has 88 valence electrons. The van der Waals surface area contributed by atoms with Crippen LogP contribution in [0.5, 0.6) is 0 Å². The van der Waals surface area contributed by atoms with E-state index in [4.69, 9.17) is 10.6 Å². The van der Waals surface area contributed by atoms with Gasteiger partial charge in [-0.05, 0) is 19.1 Å². The molecular weight excluding hydrogens is 206 g/mol. The molecule has 0 radical (unpaired) electrons. The fraction of sp³-hybridized carbons (Fsp3) is 0.400. The van der Waals surface area contributed by atoms with Gasteiger partial charge in [0.15, 0.2) is 0 Å². The van der Waals surface area contributed by atoms with E-state index >= 15 is 0 Å². The Morgan fingerprint density at radius 2 is 2.38 bits per heavy atom. The Morgan fingerprint density at radius 1 is 1.56 bits per heavy atom. The van der Waals surface area contributed by atoms with Crippen molar-refractivity contribution < 1.29 is 4.74 Å². The highest BCUT2D eigenvalue weighted by Gasteiger charge is 1.97. The molecule has 0 spiro atoms. The zero-order valence-electron chi connectivity index (χ0n) is 9.53. The van der Waals surface area contributed by atoms with Crippen LogP contribution in [0.4, 0.5) is 5.69 Å². The third-order valence-electron chi connectivity index (χ3n) is 1.88. The highest BCUT2D eigenvalue weighted by molar-refractivity contribution is 5.92. The number of guanidine groups is 1. The van der Waals surface area contributed by atoms with Crippen molar-refractivity contribution in [2.24, 2.45) is 10.8 Å². The quantitative estimate of drug-likeness (QED) is 0.224. The Bertz CT molecular complexity index is 336. The number of pyridine rings is 1. The summed E-state index contributed by atoms with van der Waals surface area (Å²) in [5.41, 5.74) is 4.27. The lowest BCUT2D eigenvalue weighted by molar-refractivity contribution is 0.208. The van der Waals surface area contributed by atoms with Crippen LogP contribution in [0.25, 0.3) is 0 Å². The molecule has 6 nitrogen and oxygen atoms in total. The summed E-state index contributed by atoms with van der Waals surface area (Å²) in [7, 11) is 1.63. The van der Waals surface area contributed by atoms with E-state index in [1.165, 1.54) is 0 Å². The fourth-order valence-corrected chi connectivity index (χ4v) is 1.05. The van der Waals surface area contributed by atoms with E-state index in [9.17, 15) is 0 Å². The predicted molar refractivity (Wildman–Crippen MR) is 64.1 cm³/mol. The molecule has 0 amide bonds. The van der Waals surface area contributed by atoms with Gasteiger partial charge in [-0.15, -0.1) is 0 Å². The molecule has 0 aromatic carbocycles. The van der Waals surface area contributed by atoms with E-state index in [1.54, 1.807) is 13.3 Å². The number of aryl methyl sites for hydroxylation is 1. The van der Waals surface area contributed by atoms with Crippen molar-refractivity contribution in [2.45, 2.75) is 6.92 Å². The van der Waals surface area contributed by atoms with E-state index in [2.05, 4.69) is 20.7 Å². The molecule has 0 atom stereocenters. The van der Waals surface area contributed by atoms with Crippen molar-refractivity contribution in [1.29, 1.82) is 0 Å². The summed E-state index contributed by atoms with van der Waals surface area (Å²) in [5.74, 6) is 5.82. The van der Waals surface area contributed by atoms with Gasteiger partial charge in [0.1, 0.15) is 0 Å². The number of aliphatic imine (C=N–C) groups is 1. The Hall–Kier alpha value is -1.66. The van der Waals surface area contributed by atoms with Crippen molar-refractivity contribution in [3.8, 4) is 0 Å². The van der Waals surface area contributed by atoms with E-state index in [0.29, 0.717) is 19.1 Å². The third-order valence-corrected chi connectivity index (χ3v) is 1.88. The van der Waals surface area contributed by atoms with Gasteiger partial charge >= 0.3 is 0 Å². The van der Waals surface area contributed by atoms with Crippen LogP contribution in [0.2, 0.25) is 0 Å². The smallest absolute Gasteiger partial charge is 0.210 e. The minimum atomic E-state index is 0.489. The molecule has 1 heterocycles. The monoisotopic (exact) mass is 223 g/mol. The van der Waals surface area contributed by atoms with Gasteiger partial charge in [0.25, 0.3) is 0 Å². The van der Waals surface area contributed by atoms with E-state index in [-0.39, 0.29) is 0 Å². The number of anilines is 1. The van der Waals surface area contributed by atoms with Gasteiger partial charge in [-0.2, -0.15) is 0 Å². The van der Waals surface area contributed by atoms with E-state index in [1.807, 2.05) is 19.1 Å². The first-order valence-corrected chi connectivity index (χ1v) is 4.96. The maximum Gasteiger partial charge on any atom is 0.210 e. The number of nitrogens with two attached hydrogens (primary N) is 1. The van der Waals surface area contributed by atoms with Crippen molar-refractivity contribution in [1.82, 2.24) is 10.4 Å². The van der Waals surface area contributed by atoms with Crippen LogP contribution in [-0.4, -0.2) is 31.2 Å². The van der Waals surface area contributed by atoms with Gasteiger partial charge in [0.05, 0.1) is 25.0 Å². The average molecular weight is 223 g/mol. The Kier molecular flexibility index (Phi) is 5.24. The van der Waals surface area contributed by atoms with Crippen molar-refractivity contribution in [3.05, 3.63) is 24.0 Å². The highest BCUT2D eigenvalue weighted by atomic mass is 16.5. The third kappa shape index (κ3) is 4.24. The molecule has 0 aliphatic heterocycles. The van der Waals surface area contributed by atoms with Gasteiger partial charge in [-0.25, -0.2) is 10.8 Å². The molecule has 0 saturated carbocycles. The van der Waals surface area contributed by atoms with Crippen molar-refractivity contribution in [3.63, 3.8) is 0 Å². The van der Waals surface area contributed by atoms with Crippen LogP contribution >= 0.6 is 0 Å². The number of rotatable bonds is 4. The van der Waals surface area contributed by atoms with Crippen LogP contribution < -0.4 is 16.6 Å². The number of aromatic nitrogens is 1. The molecule has 4 N–H and O–H groups in total. The lowest BCUT2D eigenvalue weighted by Gasteiger charge is -2.08. The molecule has 6 heteroatoms. The minimum Gasteiger partial charge on any atom is -0.383 e. The molecule has 16 heavy (non-hydrogen) atoms. The topological polar surface area (TPSA) is 84.6 Å². The van der Waals surface area contributed by atoms with E-state index < -0.39 is 0 Å². The van der Waals surface area contributed by atoms with Gasteiger partial charge in [-0.1, -0.05) is 0 Å². The lowest BCUT2D eigenvalue weighted by atomic mass is 10.3. The maximum atomic E-state index is 5.33. The second-order valence-electron chi connectivity index (χ2n) is 3.18. The number of hydrogen-bond acceptors (Lipinski definition) is 4. The van der Waals surface area contributed by atoms with Crippen LogP contribution in [-0.2, 0) is 4.74 Å². The first-order valence-electron chi connectivity index (χ1n) is 4.96. The van der Waals surface area contributed by atoms with Crippen molar-refractivity contribution in [2.75, 3.05) is 25.6 Å². The zero-order valence-corrected chi connectivity index (χ0v) is 9.53. The Morgan fingerprint density at radius 3 is 2.94 bits per heavy atom. The summed E-state index contributed by atoms with van der Waals surface area (Å²) in [5, 5.41) is 3.01. The second kappa shape index (κ2) is 6.76. The molecule has 0 saturated heterocycles. The molecule has 1 rings (SSSR count). The number of hydrazine groups is 1. The summed E-state index contributed by atoms with van der Waals surface area (Å²) >= 11 is 0. The first-order chi connectivity index (χ1) is 7.76. The predicted octanol–water partition coefficient (Wildman–Crippen LogP) is 0.268.